The Balaban J connectivity index is 4.10. The van der Waals surface area contributed by atoms with E-state index in [0.29, 0.717) is 19.8 Å². The van der Waals surface area contributed by atoms with Gasteiger partial charge in [0.25, 0.3) is 0 Å². The smallest absolute Gasteiger partial charge is 0.374 e. The quantitative estimate of drug-likeness (QED) is 0.222. The molecule has 0 spiro atoms. The normalized spacial score (nSPS) is 12.9. The van der Waals surface area contributed by atoms with Gasteiger partial charge in [0.05, 0.1) is 0 Å². The van der Waals surface area contributed by atoms with Gasteiger partial charge in [0.2, 0.25) is 0 Å². The summed E-state index contributed by atoms with van der Waals surface area (Å²) < 4.78 is 17.4. The van der Waals surface area contributed by atoms with Crippen LogP contribution in [0.15, 0.2) is 0 Å². The molecule has 0 bridgehead atoms. The van der Waals surface area contributed by atoms with E-state index < -0.39 is 8.80 Å². The maximum atomic E-state index is 5.82. The lowest BCUT2D eigenvalue weighted by Gasteiger charge is -2.28. The lowest BCUT2D eigenvalue weighted by Crippen LogP contribution is -2.45. The van der Waals surface area contributed by atoms with Crippen LogP contribution in [-0.2, 0) is 13.3 Å². The first-order valence-electron chi connectivity index (χ1n) is 6.87. The molecule has 0 saturated heterocycles. The molecule has 0 aromatic heterocycles. The van der Waals surface area contributed by atoms with Gasteiger partial charge in [-0.25, -0.2) is 0 Å². The highest BCUT2D eigenvalue weighted by Gasteiger charge is 2.39. The fraction of sp³-hybridized carbons (Fsp3) is 1.00. The number of hydrogen-bond acceptors (Lipinski definition) is 3. The SMILES string of the molecule is CCO[Si](CCCCCC(Br)(Br)Br)(OCC)OCC. The molecular weight excluding hydrogens is 460 g/mol. The van der Waals surface area contributed by atoms with E-state index in [1.54, 1.807) is 0 Å². The first-order valence-corrected chi connectivity index (χ1v) is 11.2. The third kappa shape index (κ3) is 10.8. The first kappa shape index (κ1) is 20.5. The lowest BCUT2D eigenvalue weighted by atomic mass is 10.2. The van der Waals surface area contributed by atoms with Crippen LogP contribution in [0, 0.1) is 0 Å². The van der Waals surface area contributed by atoms with E-state index in [-0.39, 0.29) is 2.14 Å². The number of halogens is 3. The Labute approximate surface area is 143 Å². The molecule has 0 unspecified atom stereocenters. The summed E-state index contributed by atoms with van der Waals surface area (Å²) in [5.74, 6) is 0. The summed E-state index contributed by atoms with van der Waals surface area (Å²) >= 11 is 10.5. The fourth-order valence-corrected chi connectivity index (χ4v) is 5.37. The van der Waals surface area contributed by atoms with E-state index in [1.165, 1.54) is 0 Å². The zero-order chi connectivity index (χ0) is 14.8. The minimum Gasteiger partial charge on any atom is -0.374 e. The summed E-state index contributed by atoms with van der Waals surface area (Å²) in [6, 6.07) is 0.905. The van der Waals surface area contributed by atoms with Gasteiger partial charge in [0.1, 0.15) is 2.14 Å². The predicted octanol–water partition coefficient (Wildman–Crippen LogP) is 5.43. The van der Waals surface area contributed by atoms with Crippen molar-refractivity contribution in [1.82, 2.24) is 0 Å². The Morgan fingerprint density at radius 2 is 1.26 bits per heavy atom. The highest BCUT2D eigenvalue weighted by Crippen LogP contribution is 2.38. The molecule has 19 heavy (non-hydrogen) atoms. The van der Waals surface area contributed by atoms with Crippen LogP contribution in [0.4, 0.5) is 0 Å². The third-order valence-electron chi connectivity index (χ3n) is 2.54. The van der Waals surface area contributed by atoms with Gasteiger partial charge in [-0.15, -0.1) is 0 Å². The molecule has 0 N–H and O–H groups in total. The van der Waals surface area contributed by atoms with Crippen molar-refractivity contribution in [3.8, 4) is 0 Å². The van der Waals surface area contributed by atoms with Crippen LogP contribution >= 0.6 is 47.8 Å². The van der Waals surface area contributed by atoms with Crippen molar-refractivity contribution in [2.75, 3.05) is 19.8 Å². The fourth-order valence-electron chi connectivity index (χ4n) is 1.84. The summed E-state index contributed by atoms with van der Waals surface area (Å²) in [7, 11) is -2.43. The molecule has 0 atom stereocenters. The van der Waals surface area contributed by atoms with E-state index in [0.717, 1.165) is 31.7 Å². The minimum atomic E-state index is -2.43. The summed E-state index contributed by atoms with van der Waals surface area (Å²) in [4.78, 5) is 0. The van der Waals surface area contributed by atoms with Crippen LogP contribution in [0.5, 0.6) is 0 Å². The second-order valence-electron chi connectivity index (χ2n) is 4.16. The van der Waals surface area contributed by atoms with E-state index in [1.807, 2.05) is 20.8 Å². The molecule has 7 heteroatoms. The van der Waals surface area contributed by atoms with E-state index in [4.69, 9.17) is 13.3 Å². The molecule has 0 aliphatic heterocycles. The van der Waals surface area contributed by atoms with Crippen molar-refractivity contribution in [2.24, 2.45) is 0 Å². The van der Waals surface area contributed by atoms with Gasteiger partial charge in [0.15, 0.2) is 0 Å². The van der Waals surface area contributed by atoms with Crippen molar-refractivity contribution in [3.63, 3.8) is 0 Å². The molecule has 0 aromatic rings. The maximum absolute atomic E-state index is 5.82. The van der Waals surface area contributed by atoms with Crippen LogP contribution in [0.25, 0.3) is 0 Å². The molecular formula is C12H25Br3O3Si. The van der Waals surface area contributed by atoms with Crippen LogP contribution in [0.3, 0.4) is 0 Å². The minimum absolute atomic E-state index is 0.124. The molecule has 0 heterocycles. The van der Waals surface area contributed by atoms with Gasteiger partial charge in [-0.1, -0.05) is 60.6 Å². The Kier molecular flexibility index (Phi) is 12.1. The molecule has 0 aliphatic rings. The molecule has 3 nitrogen and oxygen atoms in total. The van der Waals surface area contributed by atoms with Crippen molar-refractivity contribution in [2.45, 2.75) is 54.6 Å². The molecule has 0 amide bonds. The second-order valence-corrected chi connectivity index (χ2v) is 14.1. The van der Waals surface area contributed by atoms with Crippen molar-refractivity contribution in [3.05, 3.63) is 0 Å². The van der Waals surface area contributed by atoms with E-state index >= 15 is 0 Å². The third-order valence-corrected chi connectivity index (χ3v) is 6.88. The van der Waals surface area contributed by atoms with Gasteiger partial charge < -0.3 is 13.3 Å². The average molecular weight is 485 g/mol. The Hall–Kier alpha value is 1.54. The summed E-state index contributed by atoms with van der Waals surface area (Å²) in [5.41, 5.74) is 0. The zero-order valence-electron chi connectivity index (χ0n) is 12.0. The van der Waals surface area contributed by atoms with Crippen molar-refractivity contribution >= 4 is 56.6 Å². The van der Waals surface area contributed by atoms with Gasteiger partial charge in [-0.3, -0.25) is 0 Å². The standard InChI is InChI=1S/C12H25Br3O3Si/c1-4-16-19(17-5-2,18-6-3)11-9-7-8-10-12(13,14)15/h4-11H2,1-3H3. The molecule has 0 rings (SSSR count). The largest absolute Gasteiger partial charge is 0.500 e. The first-order chi connectivity index (χ1) is 8.89. The monoisotopic (exact) mass is 482 g/mol. The molecule has 0 saturated carbocycles. The Bertz CT molecular complexity index is 208. The molecule has 0 radical (unpaired) electrons. The number of hydrogen-bond donors (Lipinski definition) is 0. The van der Waals surface area contributed by atoms with Gasteiger partial charge in [-0.2, -0.15) is 0 Å². The van der Waals surface area contributed by atoms with Crippen LogP contribution < -0.4 is 0 Å². The highest BCUT2D eigenvalue weighted by molar-refractivity contribution is 9.39. The summed E-state index contributed by atoms with van der Waals surface area (Å²) in [6.45, 7) is 7.94. The van der Waals surface area contributed by atoms with E-state index in [9.17, 15) is 0 Å². The molecule has 0 fully saturated rings. The Morgan fingerprint density at radius 1 is 0.789 bits per heavy atom. The Morgan fingerprint density at radius 3 is 1.63 bits per heavy atom. The average Bonchev–Trinajstić information content (AvgIpc) is 2.28. The summed E-state index contributed by atoms with van der Waals surface area (Å²) in [5, 5.41) is 0. The van der Waals surface area contributed by atoms with Crippen molar-refractivity contribution < 1.29 is 13.3 Å². The zero-order valence-corrected chi connectivity index (χ0v) is 17.8. The summed E-state index contributed by atoms with van der Waals surface area (Å²) in [6.07, 6.45) is 4.39. The second kappa shape index (κ2) is 11.2. The molecule has 116 valence electrons. The topological polar surface area (TPSA) is 27.7 Å². The number of alkyl halides is 3. The van der Waals surface area contributed by atoms with E-state index in [2.05, 4.69) is 47.8 Å². The highest BCUT2D eigenvalue weighted by atomic mass is 80.0. The van der Waals surface area contributed by atoms with Crippen LogP contribution in [0.1, 0.15) is 46.5 Å². The van der Waals surface area contributed by atoms with Gasteiger partial charge in [0, 0.05) is 25.9 Å². The van der Waals surface area contributed by atoms with Crippen molar-refractivity contribution in [1.29, 1.82) is 0 Å². The lowest BCUT2D eigenvalue weighted by molar-refractivity contribution is 0.0706. The number of rotatable bonds is 11. The maximum Gasteiger partial charge on any atom is 0.500 e. The van der Waals surface area contributed by atoms with Crippen LogP contribution in [-0.4, -0.2) is 30.8 Å². The van der Waals surface area contributed by atoms with Gasteiger partial charge in [-0.05, 0) is 33.6 Å². The molecule has 0 aromatic carbocycles. The predicted molar refractivity (Wildman–Crippen MR) is 93.4 cm³/mol. The van der Waals surface area contributed by atoms with Crippen LogP contribution in [0.2, 0.25) is 6.04 Å². The molecule has 0 aliphatic carbocycles. The van der Waals surface area contributed by atoms with Gasteiger partial charge >= 0.3 is 8.80 Å². The number of unbranched alkanes of at least 4 members (excludes halogenated alkanes) is 2.